The minimum atomic E-state index is -1.62. The van der Waals surface area contributed by atoms with E-state index >= 15 is 0 Å². The second-order valence-corrected chi connectivity index (χ2v) is 21.8. The molecule has 7 amide bonds. The molecule has 0 aromatic heterocycles. The number of hydrogen-bond acceptors (Lipinski definition) is 17. The zero-order valence-electron chi connectivity index (χ0n) is 48.3. The van der Waals surface area contributed by atoms with Crippen molar-refractivity contribution < 1.29 is 63.0 Å². The molecule has 0 aliphatic carbocycles. The van der Waals surface area contributed by atoms with Crippen LogP contribution in [0.2, 0.25) is 0 Å². The quantitative estimate of drug-likeness (QED) is 0.0435. The van der Waals surface area contributed by atoms with Crippen LogP contribution in [0.4, 0.5) is 0 Å². The van der Waals surface area contributed by atoms with Crippen molar-refractivity contribution in [3.8, 4) is 0 Å². The molecule has 456 valence electrons. The van der Waals surface area contributed by atoms with Gasteiger partial charge in [0.05, 0.1) is 36.8 Å². The van der Waals surface area contributed by atoms with Gasteiger partial charge in [-0.2, -0.15) is 0 Å². The molecule has 1 aromatic rings. The summed E-state index contributed by atoms with van der Waals surface area (Å²) in [5.41, 5.74) is 24.1. The number of benzene rings is 1. The number of nitrogens with two attached hydrogens (primary N) is 4. The van der Waals surface area contributed by atoms with Crippen LogP contribution in [0.15, 0.2) is 30.3 Å². The molecule has 81 heavy (non-hydrogen) atoms. The highest BCUT2D eigenvalue weighted by atomic mass is 16.3. The minimum Gasteiger partial charge on any atom is -0.393 e. The fourth-order valence-electron chi connectivity index (χ4n) is 9.65. The Morgan fingerprint density at radius 1 is 0.667 bits per heavy atom. The number of aliphatic hydroxyl groups is 2. The maximum atomic E-state index is 14.5. The monoisotopic (exact) mass is 1140 g/mol. The number of amides is 7. The molecule has 1 aliphatic rings. The fraction of sp³-hybridized carbons (Fsp3) is 0.702. The molecule has 1 heterocycles. The largest absolute Gasteiger partial charge is 0.393 e. The van der Waals surface area contributed by atoms with Crippen molar-refractivity contribution in [3.05, 3.63) is 35.9 Å². The van der Waals surface area contributed by atoms with E-state index < -0.39 is 150 Å². The van der Waals surface area contributed by atoms with E-state index in [1.54, 1.807) is 30.3 Å². The lowest BCUT2D eigenvalue weighted by Crippen LogP contribution is -2.59. The van der Waals surface area contributed by atoms with Gasteiger partial charge < -0.3 is 70.4 Å². The fourth-order valence-corrected chi connectivity index (χ4v) is 9.65. The Kier molecular flexibility index (Phi) is 33.9. The number of nitrogens with one attached hydrogen (secondary N) is 7. The average molecular weight is 1140 g/mol. The van der Waals surface area contributed by atoms with E-state index in [1.807, 2.05) is 13.8 Å². The molecule has 0 spiro atoms. The molecule has 1 saturated heterocycles. The number of unbranched alkanes of at least 4 members (excludes halogenated alkanes) is 4. The van der Waals surface area contributed by atoms with Gasteiger partial charge in [-0.25, -0.2) is 0 Å². The lowest BCUT2D eigenvalue weighted by atomic mass is 9.86. The molecule has 1 fully saturated rings. The third-order valence-corrected chi connectivity index (χ3v) is 14.3. The van der Waals surface area contributed by atoms with Crippen molar-refractivity contribution in [1.82, 2.24) is 37.2 Å². The molecule has 2 rings (SSSR count). The molecule has 24 heteroatoms. The molecular weight excluding hydrogens is 1050 g/mol. The van der Waals surface area contributed by atoms with Gasteiger partial charge >= 0.3 is 0 Å². The maximum Gasteiger partial charge on any atom is 0.245 e. The van der Waals surface area contributed by atoms with Gasteiger partial charge in [-0.1, -0.05) is 76.8 Å². The molecule has 11 atom stereocenters. The first-order chi connectivity index (χ1) is 38.5. The van der Waals surface area contributed by atoms with Crippen LogP contribution in [0.5, 0.6) is 0 Å². The predicted octanol–water partition coefficient (Wildman–Crippen LogP) is -0.846. The summed E-state index contributed by atoms with van der Waals surface area (Å²) < 4.78 is 0. The molecule has 24 nitrogen and oxygen atoms in total. The Bertz CT molecular complexity index is 2200. The number of Topliss-reactive ketones (excluding diaryl/α,β-unsaturated/α-hetero) is 4. The van der Waals surface area contributed by atoms with Crippen molar-refractivity contribution in [1.29, 1.82) is 0 Å². The van der Waals surface area contributed by atoms with E-state index in [9.17, 15) is 63.0 Å². The zero-order valence-corrected chi connectivity index (χ0v) is 48.3. The summed E-state index contributed by atoms with van der Waals surface area (Å²) in [4.78, 5) is 153. The topological polar surface area (TPSA) is 417 Å². The molecule has 0 saturated carbocycles. The summed E-state index contributed by atoms with van der Waals surface area (Å²) in [6.07, 6.45) is -0.278. The molecule has 0 radical (unpaired) electrons. The first-order valence-corrected chi connectivity index (χ1v) is 28.9. The SMILES string of the molecule is CCCCCCCC(=O)N[C@@H](CCN)C(=O)C[C@H](C(=O)NCC(=O)C[C@H]1CCNC(=O)[C@H](C(C)O)NC(=O)[C@H](CCN)NC(=O)[C@H](CCN)NC(=O)[C@H](CC(C)C)CC(=O)[C@@H](Cc2ccccc2)NC(=O)[C@H](CCN)CC1=O)C(C)O. The van der Waals surface area contributed by atoms with Crippen LogP contribution in [-0.2, 0) is 59.2 Å². The molecule has 1 aliphatic heterocycles. The van der Waals surface area contributed by atoms with Crippen LogP contribution in [0, 0.1) is 29.6 Å². The number of hydrogen-bond donors (Lipinski definition) is 13. The highest BCUT2D eigenvalue weighted by molar-refractivity contribution is 5.98. The van der Waals surface area contributed by atoms with E-state index in [-0.39, 0.29) is 102 Å². The summed E-state index contributed by atoms with van der Waals surface area (Å²) in [6, 6.07) is 2.29. The Morgan fingerprint density at radius 2 is 1.25 bits per heavy atom. The highest BCUT2D eigenvalue weighted by Gasteiger charge is 2.37. The van der Waals surface area contributed by atoms with Gasteiger partial charge in [-0.05, 0) is 103 Å². The first-order valence-electron chi connectivity index (χ1n) is 28.9. The van der Waals surface area contributed by atoms with E-state index in [1.165, 1.54) is 13.8 Å². The molecule has 1 aromatic carbocycles. The lowest BCUT2D eigenvalue weighted by molar-refractivity contribution is -0.136. The first kappa shape index (κ1) is 71.1. The van der Waals surface area contributed by atoms with Crippen molar-refractivity contribution in [2.45, 2.75) is 186 Å². The Hall–Kier alpha value is -6.05. The van der Waals surface area contributed by atoms with Crippen molar-refractivity contribution in [3.63, 3.8) is 0 Å². The minimum absolute atomic E-state index is 0.00229. The summed E-state index contributed by atoms with van der Waals surface area (Å²) in [5, 5.41) is 39.7. The third kappa shape index (κ3) is 26.6. The van der Waals surface area contributed by atoms with Gasteiger partial charge in [0, 0.05) is 56.4 Å². The van der Waals surface area contributed by atoms with Crippen molar-refractivity contribution in [2.24, 2.45) is 52.5 Å². The normalized spacial score (nSPS) is 22.9. The van der Waals surface area contributed by atoms with Gasteiger partial charge in [-0.15, -0.1) is 0 Å². The highest BCUT2D eigenvalue weighted by Crippen LogP contribution is 2.23. The van der Waals surface area contributed by atoms with Crippen LogP contribution >= 0.6 is 0 Å². The summed E-state index contributed by atoms with van der Waals surface area (Å²) in [5.74, 6) is -12.4. The summed E-state index contributed by atoms with van der Waals surface area (Å²) in [6.45, 7) is 7.10. The second-order valence-electron chi connectivity index (χ2n) is 21.8. The van der Waals surface area contributed by atoms with Crippen molar-refractivity contribution >= 4 is 64.5 Å². The smallest absolute Gasteiger partial charge is 0.245 e. The number of aliphatic hydroxyl groups excluding tert-OH is 2. The van der Waals surface area contributed by atoms with E-state index in [4.69, 9.17) is 22.9 Å². The van der Waals surface area contributed by atoms with Crippen LogP contribution < -0.4 is 60.2 Å². The number of rotatable bonds is 29. The molecular formula is C57H95N11O13. The standard InChI is InChI=1S/C57H95N11O13/c1-6-7-8-9-13-16-50(75)64-43(18-23-59)49(74)32-42(35(4)69)54(78)63-33-41(71)29-38-21-26-62-57(81)51(36(5)70)68-56(80)45(20-25-61)66-55(79)44(19-24-60)65-53(77)40(27-34(2)3)31-48(73)46(28-37-14-11-10-12-15-37)67-52(76)39(17-22-58)30-47(38)72/h10-12,14-15,34-36,38-40,42-46,51,69-70H,6-9,13,16-33,58-61H2,1-5H3,(H,62,81)(H,63,78)(H,64,75)(H,65,77)(H,66,79)(H,67,76)(H,68,80)/t35?,36?,38-,39-,40-,42+,43+,44+,45+,46-,51+/m1/s1. The van der Waals surface area contributed by atoms with E-state index in [2.05, 4.69) is 44.1 Å². The van der Waals surface area contributed by atoms with E-state index in [0.29, 0.717) is 12.0 Å². The molecule has 0 bridgehead atoms. The Morgan fingerprint density at radius 3 is 1.83 bits per heavy atom. The van der Waals surface area contributed by atoms with Crippen LogP contribution in [0.3, 0.4) is 0 Å². The molecule has 2 unspecified atom stereocenters. The average Bonchev–Trinajstić information content (AvgIpc) is 3.42. The summed E-state index contributed by atoms with van der Waals surface area (Å²) >= 11 is 0. The number of ketones is 4. The van der Waals surface area contributed by atoms with Gasteiger partial charge in [0.2, 0.25) is 41.4 Å². The zero-order chi connectivity index (χ0) is 60.6. The van der Waals surface area contributed by atoms with Crippen molar-refractivity contribution in [2.75, 3.05) is 39.3 Å². The molecule has 17 N–H and O–H groups in total. The summed E-state index contributed by atoms with van der Waals surface area (Å²) in [7, 11) is 0. The van der Waals surface area contributed by atoms with E-state index in [0.717, 1.165) is 25.7 Å². The second kappa shape index (κ2) is 38.6. The maximum absolute atomic E-state index is 14.5. The van der Waals surface area contributed by atoms with Gasteiger partial charge in [0.15, 0.2) is 17.3 Å². The lowest BCUT2D eigenvalue weighted by Gasteiger charge is -2.27. The van der Waals surface area contributed by atoms with Gasteiger partial charge in [0.25, 0.3) is 0 Å². The third-order valence-electron chi connectivity index (χ3n) is 14.3. The van der Waals surface area contributed by atoms with Crippen LogP contribution in [0.25, 0.3) is 0 Å². The number of carbonyl (C=O) groups excluding carboxylic acids is 11. The predicted molar refractivity (Wildman–Crippen MR) is 304 cm³/mol. The Labute approximate surface area is 477 Å². The van der Waals surface area contributed by atoms with Gasteiger partial charge in [-0.3, -0.25) is 52.7 Å². The van der Waals surface area contributed by atoms with Crippen LogP contribution in [-0.4, -0.2) is 156 Å². The number of carbonyl (C=O) groups is 11. The van der Waals surface area contributed by atoms with Gasteiger partial charge in [0.1, 0.15) is 23.9 Å². The van der Waals surface area contributed by atoms with Crippen LogP contribution in [0.1, 0.15) is 143 Å². The Balaban J connectivity index is 2.58.